The zero-order valence-electron chi connectivity index (χ0n) is 23.9. The third-order valence-electron chi connectivity index (χ3n) is 7.02. The molecule has 42 heavy (non-hydrogen) atoms. The van der Waals surface area contributed by atoms with Crippen LogP contribution < -0.4 is 19.8 Å². The Labute approximate surface area is 242 Å². The van der Waals surface area contributed by atoms with Crippen LogP contribution in [0.3, 0.4) is 0 Å². The molecule has 0 radical (unpaired) electrons. The number of fused-ring (bicyclic) bond motifs is 2. The number of amides is 1. The van der Waals surface area contributed by atoms with Gasteiger partial charge in [-0.1, -0.05) is 33.3 Å². The molecule has 0 saturated carbocycles. The Morgan fingerprint density at radius 3 is 2.48 bits per heavy atom. The summed E-state index contributed by atoms with van der Waals surface area (Å²) < 4.78 is 36.9. The molecule has 5 rings (SSSR count). The normalized spacial score (nSPS) is 14.4. The van der Waals surface area contributed by atoms with Crippen LogP contribution in [0.1, 0.15) is 71.7 Å². The second kappa shape index (κ2) is 12.1. The summed E-state index contributed by atoms with van der Waals surface area (Å²) in [6.07, 6.45) is 1.66. The zero-order valence-corrected chi connectivity index (χ0v) is 23.9. The standard InChI is InChI=1S/C33H32FNO7/c1-5-6-15-40-33(38)20-7-11-23(12-8-20)35-29(21-9-13-26(27(16-21)39-4)41-18-19(2)3)28-30(36)24-17-22(34)10-14-25(24)42-31(28)32(35)37/h7-14,16-17,19,29H,5-6,15,18H2,1-4H3. The molecule has 9 heteroatoms. The maximum absolute atomic E-state index is 14.2. The van der Waals surface area contributed by atoms with Gasteiger partial charge in [-0.3, -0.25) is 14.5 Å². The van der Waals surface area contributed by atoms with Crippen LogP contribution in [-0.4, -0.2) is 32.2 Å². The lowest BCUT2D eigenvalue weighted by Crippen LogP contribution is -2.29. The van der Waals surface area contributed by atoms with Gasteiger partial charge in [-0.25, -0.2) is 9.18 Å². The Hall–Kier alpha value is -4.66. The number of methoxy groups -OCH3 is 1. The minimum absolute atomic E-state index is 0.0300. The quantitative estimate of drug-likeness (QED) is 0.154. The van der Waals surface area contributed by atoms with Gasteiger partial charge in [-0.05, 0) is 72.5 Å². The van der Waals surface area contributed by atoms with E-state index in [0.29, 0.717) is 41.5 Å². The lowest BCUT2D eigenvalue weighted by molar-refractivity contribution is 0.0499. The predicted octanol–water partition coefficient (Wildman–Crippen LogP) is 6.68. The summed E-state index contributed by atoms with van der Waals surface area (Å²) in [5, 5.41) is 0.0300. The first kappa shape index (κ1) is 28.9. The number of carbonyl (C=O) groups excluding carboxylic acids is 2. The van der Waals surface area contributed by atoms with E-state index in [1.54, 1.807) is 42.5 Å². The van der Waals surface area contributed by atoms with Crippen LogP contribution in [0.4, 0.5) is 10.1 Å². The number of esters is 1. The number of carbonyl (C=O) groups is 2. The number of nitrogens with zero attached hydrogens (tertiary/aromatic N) is 1. The number of hydrogen-bond acceptors (Lipinski definition) is 7. The first-order chi connectivity index (χ1) is 20.2. The van der Waals surface area contributed by atoms with Gasteiger partial charge in [0.15, 0.2) is 16.9 Å². The maximum Gasteiger partial charge on any atom is 0.338 e. The second-order valence-electron chi connectivity index (χ2n) is 10.5. The minimum Gasteiger partial charge on any atom is -0.493 e. The SMILES string of the molecule is CCCCOC(=O)c1ccc(N2C(=O)c3oc4ccc(F)cc4c(=O)c3C2c2ccc(OCC(C)C)c(OC)c2)cc1. The summed E-state index contributed by atoms with van der Waals surface area (Å²) in [5.41, 5.74) is 0.992. The van der Waals surface area contributed by atoms with Crippen molar-refractivity contribution < 1.29 is 32.6 Å². The van der Waals surface area contributed by atoms with E-state index in [4.69, 9.17) is 18.6 Å². The van der Waals surface area contributed by atoms with Gasteiger partial charge in [0.25, 0.3) is 5.91 Å². The van der Waals surface area contributed by atoms with Crippen LogP contribution in [-0.2, 0) is 4.74 Å². The molecule has 1 aliphatic rings. The molecule has 0 saturated heterocycles. The molecule has 1 aliphatic heterocycles. The third-order valence-corrected chi connectivity index (χ3v) is 7.02. The van der Waals surface area contributed by atoms with Gasteiger partial charge < -0.3 is 18.6 Å². The minimum atomic E-state index is -0.924. The highest BCUT2D eigenvalue weighted by atomic mass is 19.1. The summed E-state index contributed by atoms with van der Waals surface area (Å²) in [6, 6.07) is 14.3. The zero-order chi connectivity index (χ0) is 30.0. The molecule has 0 fully saturated rings. The number of halogens is 1. The Balaban J connectivity index is 1.62. The van der Waals surface area contributed by atoms with Crippen molar-refractivity contribution in [2.24, 2.45) is 5.92 Å². The molecule has 8 nitrogen and oxygen atoms in total. The topological polar surface area (TPSA) is 95.3 Å². The molecule has 218 valence electrons. The highest BCUT2D eigenvalue weighted by Gasteiger charge is 2.44. The highest BCUT2D eigenvalue weighted by Crippen LogP contribution is 2.43. The summed E-state index contributed by atoms with van der Waals surface area (Å²) >= 11 is 0. The Morgan fingerprint density at radius 1 is 1.02 bits per heavy atom. The molecular weight excluding hydrogens is 541 g/mol. The molecule has 0 bridgehead atoms. The van der Waals surface area contributed by atoms with E-state index in [1.807, 2.05) is 20.8 Å². The van der Waals surface area contributed by atoms with E-state index >= 15 is 0 Å². The van der Waals surface area contributed by atoms with Crippen molar-refractivity contribution in [2.75, 3.05) is 25.2 Å². The average Bonchev–Trinajstić information content (AvgIpc) is 3.28. The number of hydrogen-bond donors (Lipinski definition) is 0. The molecule has 1 unspecified atom stereocenters. The number of ether oxygens (including phenoxy) is 3. The summed E-state index contributed by atoms with van der Waals surface area (Å²) in [4.78, 5) is 41.6. The van der Waals surface area contributed by atoms with E-state index in [-0.39, 0.29) is 28.2 Å². The maximum atomic E-state index is 14.2. The summed E-state index contributed by atoms with van der Waals surface area (Å²) in [5.74, 6) is -0.506. The van der Waals surface area contributed by atoms with E-state index < -0.39 is 29.2 Å². The van der Waals surface area contributed by atoms with E-state index in [9.17, 15) is 18.8 Å². The number of unbranched alkanes of at least 4 members (excludes halogenated alkanes) is 1. The number of anilines is 1. The van der Waals surface area contributed by atoms with Gasteiger partial charge in [0.1, 0.15) is 11.4 Å². The molecular formula is C33H32FNO7. The van der Waals surface area contributed by atoms with E-state index in [0.717, 1.165) is 18.9 Å². The first-order valence-corrected chi connectivity index (χ1v) is 13.9. The molecule has 0 spiro atoms. The van der Waals surface area contributed by atoms with Gasteiger partial charge in [-0.2, -0.15) is 0 Å². The second-order valence-corrected chi connectivity index (χ2v) is 10.5. The van der Waals surface area contributed by atoms with Crippen LogP contribution >= 0.6 is 0 Å². The predicted molar refractivity (Wildman–Crippen MR) is 156 cm³/mol. The van der Waals surface area contributed by atoms with Crippen LogP contribution in [0.5, 0.6) is 11.5 Å². The number of benzene rings is 3. The van der Waals surface area contributed by atoms with Crippen molar-refractivity contribution in [2.45, 2.75) is 39.7 Å². The molecule has 1 aromatic heterocycles. The molecule has 0 aliphatic carbocycles. The fourth-order valence-corrected chi connectivity index (χ4v) is 4.91. The van der Waals surface area contributed by atoms with E-state index in [2.05, 4.69) is 0 Å². The van der Waals surface area contributed by atoms with Gasteiger partial charge in [-0.15, -0.1) is 0 Å². The largest absolute Gasteiger partial charge is 0.493 e. The average molecular weight is 574 g/mol. The van der Waals surface area contributed by atoms with E-state index in [1.165, 1.54) is 24.1 Å². The van der Waals surface area contributed by atoms with Crippen LogP contribution in [0.15, 0.2) is 69.9 Å². The van der Waals surface area contributed by atoms with Crippen LogP contribution in [0, 0.1) is 11.7 Å². The molecule has 1 atom stereocenters. The fraction of sp³-hybridized carbons (Fsp3) is 0.303. The molecule has 1 amide bonds. The summed E-state index contributed by atoms with van der Waals surface area (Å²) in [7, 11) is 1.51. The van der Waals surface area contributed by atoms with Crippen molar-refractivity contribution in [3.63, 3.8) is 0 Å². The molecule has 4 aromatic rings. The lowest BCUT2D eigenvalue weighted by Gasteiger charge is -2.26. The smallest absolute Gasteiger partial charge is 0.338 e. The van der Waals surface area contributed by atoms with Gasteiger partial charge in [0, 0.05) is 5.69 Å². The Morgan fingerprint density at radius 2 is 1.79 bits per heavy atom. The van der Waals surface area contributed by atoms with Gasteiger partial charge in [0.05, 0.1) is 42.9 Å². The first-order valence-electron chi connectivity index (χ1n) is 13.9. The highest BCUT2D eigenvalue weighted by molar-refractivity contribution is 6.10. The van der Waals surface area contributed by atoms with Crippen molar-refractivity contribution in [3.05, 3.63) is 99.2 Å². The monoisotopic (exact) mass is 573 g/mol. The van der Waals surface area contributed by atoms with Crippen molar-refractivity contribution >= 4 is 28.5 Å². The lowest BCUT2D eigenvalue weighted by atomic mass is 9.97. The fourth-order valence-electron chi connectivity index (χ4n) is 4.91. The van der Waals surface area contributed by atoms with Gasteiger partial charge >= 0.3 is 5.97 Å². The Kier molecular flexibility index (Phi) is 8.29. The van der Waals surface area contributed by atoms with Crippen molar-refractivity contribution in [1.82, 2.24) is 0 Å². The molecule has 3 aromatic carbocycles. The van der Waals surface area contributed by atoms with Crippen molar-refractivity contribution in [1.29, 1.82) is 0 Å². The number of rotatable bonds is 10. The molecule has 2 heterocycles. The summed E-state index contributed by atoms with van der Waals surface area (Å²) in [6.45, 7) is 6.86. The molecule has 0 N–H and O–H groups in total. The Bertz CT molecular complexity index is 1690. The van der Waals surface area contributed by atoms with Crippen LogP contribution in [0.25, 0.3) is 11.0 Å². The van der Waals surface area contributed by atoms with Gasteiger partial charge in [0.2, 0.25) is 5.76 Å². The van der Waals surface area contributed by atoms with Crippen molar-refractivity contribution in [3.8, 4) is 11.5 Å². The van der Waals surface area contributed by atoms with Crippen LogP contribution in [0.2, 0.25) is 0 Å². The third kappa shape index (κ3) is 5.46.